The molecular weight excluding hydrogens is 298 g/mol. The van der Waals surface area contributed by atoms with Crippen LogP contribution in [0.2, 0.25) is 0 Å². The highest BCUT2D eigenvalue weighted by Crippen LogP contribution is 2.22. The summed E-state index contributed by atoms with van der Waals surface area (Å²) < 4.78 is 23.9. The summed E-state index contributed by atoms with van der Waals surface area (Å²) in [6, 6.07) is 7.97. The lowest BCUT2D eigenvalue weighted by Crippen LogP contribution is -2.29. The molecule has 2 rings (SSSR count). The molecule has 0 saturated carbocycles. The molecule has 1 heterocycles. The van der Waals surface area contributed by atoms with Crippen molar-refractivity contribution < 1.29 is 13.2 Å². The third kappa shape index (κ3) is 3.21. The lowest BCUT2D eigenvalue weighted by atomic mass is 10.3. The molecule has 0 radical (unpaired) electrons. The van der Waals surface area contributed by atoms with Crippen LogP contribution in [-0.2, 0) is 10.0 Å². The van der Waals surface area contributed by atoms with Crippen LogP contribution in [0, 0.1) is 6.92 Å². The Morgan fingerprint density at radius 1 is 1.25 bits per heavy atom. The van der Waals surface area contributed by atoms with E-state index in [-0.39, 0.29) is 10.7 Å². The second-order valence-corrected chi connectivity index (χ2v) is 6.71. The van der Waals surface area contributed by atoms with Gasteiger partial charge < -0.3 is 0 Å². The number of thiazole rings is 1. The second-order valence-electron chi connectivity index (χ2n) is 4.03. The van der Waals surface area contributed by atoms with Crippen LogP contribution in [0.25, 0.3) is 0 Å². The molecule has 0 aliphatic carbocycles. The van der Waals surface area contributed by atoms with Gasteiger partial charge in [0.05, 0.1) is 15.5 Å². The number of carbonyl (C=O) groups is 1. The van der Waals surface area contributed by atoms with Crippen LogP contribution in [0.15, 0.2) is 35.2 Å². The number of hydrogen-bond acceptors (Lipinski definition) is 6. The van der Waals surface area contributed by atoms with Crippen molar-refractivity contribution in [2.45, 2.75) is 18.7 Å². The highest BCUT2D eigenvalue weighted by Gasteiger charge is 2.15. The smallest absolute Gasteiger partial charge is 0.257 e. The maximum Gasteiger partial charge on any atom is 0.257 e. The number of carbonyl (C=O) groups excluding carboxylic acids is 1. The van der Waals surface area contributed by atoms with Gasteiger partial charge in [0, 0.05) is 6.92 Å². The first-order valence-electron chi connectivity index (χ1n) is 5.71. The molecule has 0 atom stereocenters. The van der Waals surface area contributed by atoms with Crippen LogP contribution < -0.4 is 10.3 Å². The van der Waals surface area contributed by atoms with Crippen molar-refractivity contribution in [3.63, 3.8) is 0 Å². The van der Waals surface area contributed by atoms with Crippen LogP contribution >= 0.6 is 11.3 Å². The minimum absolute atomic E-state index is 0.0982. The number of nitrogens with one attached hydrogen (secondary N) is 2. The zero-order chi connectivity index (χ0) is 14.8. The summed E-state index contributed by atoms with van der Waals surface area (Å²) in [5, 5.41) is 0.326. The van der Waals surface area contributed by atoms with Crippen molar-refractivity contribution in [2.75, 3.05) is 5.43 Å². The molecule has 0 saturated heterocycles. The number of rotatable bonds is 5. The van der Waals surface area contributed by atoms with Gasteiger partial charge >= 0.3 is 0 Å². The number of sulfonamides is 1. The normalized spacial score (nSPS) is 11.3. The summed E-state index contributed by atoms with van der Waals surface area (Å²) in [5.41, 5.74) is 3.09. The quantitative estimate of drug-likeness (QED) is 0.651. The Bertz CT molecular complexity index is 724. The molecule has 1 aromatic carbocycles. The fraction of sp³-hybridized carbons (Fsp3) is 0.167. The van der Waals surface area contributed by atoms with Crippen molar-refractivity contribution >= 4 is 32.3 Å². The number of benzene rings is 1. The number of nitrogens with zero attached hydrogens (tertiary/aromatic N) is 1. The molecule has 0 bridgehead atoms. The molecule has 2 aromatic rings. The van der Waals surface area contributed by atoms with E-state index >= 15 is 0 Å². The zero-order valence-electron chi connectivity index (χ0n) is 10.9. The van der Waals surface area contributed by atoms with Crippen LogP contribution in [0.5, 0.6) is 0 Å². The summed E-state index contributed by atoms with van der Waals surface area (Å²) in [5.74, 6) is -0.0982. The average Bonchev–Trinajstić information content (AvgIpc) is 2.79. The van der Waals surface area contributed by atoms with E-state index in [9.17, 15) is 13.2 Å². The largest absolute Gasteiger partial charge is 0.294 e. The molecule has 0 amide bonds. The molecule has 0 fully saturated rings. The first-order valence-corrected chi connectivity index (χ1v) is 8.01. The topological polar surface area (TPSA) is 88.2 Å². The van der Waals surface area contributed by atoms with Gasteiger partial charge in [0.25, 0.3) is 10.0 Å². The van der Waals surface area contributed by atoms with Crippen LogP contribution in [0.4, 0.5) is 5.13 Å². The summed E-state index contributed by atoms with van der Waals surface area (Å²) >= 11 is 1.10. The van der Waals surface area contributed by atoms with Crippen molar-refractivity contribution in [3.8, 4) is 0 Å². The number of aryl methyl sites for hydroxylation is 1. The maximum absolute atomic E-state index is 12.0. The average molecular weight is 311 g/mol. The van der Waals surface area contributed by atoms with Gasteiger partial charge in [0.2, 0.25) is 0 Å². The highest BCUT2D eigenvalue weighted by molar-refractivity contribution is 7.89. The van der Waals surface area contributed by atoms with Gasteiger partial charge in [-0.1, -0.05) is 29.5 Å². The Kier molecular flexibility index (Phi) is 4.17. The maximum atomic E-state index is 12.0. The Hall–Kier alpha value is -1.77. The van der Waals surface area contributed by atoms with Gasteiger partial charge in [-0.05, 0) is 19.1 Å². The molecular formula is C12H13N3O3S2. The van der Waals surface area contributed by atoms with Crippen LogP contribution in [0.3, 0.4) is 0 Å². The van der Waals surface area contributed by atoms with Gasteiger partial charge in [-0.25, -0.2) is 13.4 Å². The van der Waals surface area contributed by atoms with Crippen molar-refractivity contribution in [2.24, 2.45) is 0 Å². The number of hydrogen-bond donors (Lipinski definition) is 2. The molecule has 0 aliphatic rings. The molecule has 8 heteroatoms. The summed E-state index contributed by atoms with van der Waals surface area (Å²) in [4.78, 5) is 18.3. The van der Waals surface area contributed by atoms with E-state index in [0.29, 0.717) is 15.7 Å². The number of ketones is 1. The fourth-order valence-electron chi connectivity index (χ4n) is 1.55. The monoisotopic (exact) mass is 311 g/mol. The van der Waals surface area contributed by atoms with E-state index in [1.165, 1.54) is 19.1 Å². The molecule has 0 unspecified atom stereocenters. The van der Waals surface area contributed by atoms with Crippen LogP contribution in [-0.4, -0.2) is 19.2 Å². The summed E-state index contributed by atoms with van der Waals surface area (Å²) in [6.07, 6.45) is 0. The van der Waals surface area contributed by atoms with Gasteiger partial charge in [-0.2, -0.15) is 0 Å². The standard InChI is InChI=1S/C12H13N3O3S2/c1-8-11(9(2)16)19-12(13-8)14-15-20(17,18)10-6-4-3-5-7-10/h3-7,15H,1-2H3,(H,13,14). The van der Waals surface area contributed by atoms with Crippen LogP contribution in [0.1, 0.15) is 22.3 Å². The van der Waals surface area contributed by atoms with Crippen molar-refractivity contribution in [1.29, 1.82) is 0 Å². The number of Topliss-reactive ketones (excluding diaryl/α,β-unsaturated/α-hetero) is 1. The van der Waals surface area contributed by atoms with Crippen molar-refractivity contribution in [3.05, 3.63) is 40.9 Å². The minimum Gasteiger partial charge on any atom is -0.294 e. The predicted octanol–water partition coefficient (Wildman–Crippen LogP) is 1.96. The third-order valence-corrected chi connectivity index (χ3v) is 4.90. The fourth-order valence-corrected chi connectivity index (χ4v) is 3.29. The Labute approximate surface area is 120 Å². The lowest BCUT2D eigenvalue weighted by Gasteiger charge is -2.06. The number of aromatic nitrogens is 1. The second kappa shape index (κ2) is 5.70. The van der Waals surface area contributed by atoms with E-state index < -0.39 is 10.0 Å². The van der Waals surface area contributed by atoms with E-state index in [1.54, 1.807) is 25.1 Å². The molecule has 1 aromatic heterocycles. The molecule has 20 heavy (non-hydrogen) atoms. The van der Waals surface area contributed by atoms with E-state index in [1.807, 2.05) is 0 Å². The van der Waals surface area contributed by atoms with Gasteiger partial charge in [0.15, 0.2) is 10.9 Å². The van der Waals surface area contributed by atoms with Gasteiger partial charge in [-0.3, -0.25) is 10.2 Å². The first kappa shape index (κ1) is 14.6. The first-order chi connectivity index (χ1) is 9.40. The zero-order valence-corrected chi connectivity index (χ0v) is 12.5. The number of anilines is 1. The van der Waals surface area contributed by atoms with Crippen molar-refractivity contribution in [1.82, 2.24) is 9.82 Å². The predicted molar refractivity (Wildman–Crippen MR) is 77.2 cm³/mol. The molecule has 6 nitrogen and oxygen atoms in total. The Balaban J connectivity index is 2.13. The molecule has 106 valence electrons. The van der Waals surface area contributed by atoms with Gasteiger partial charge in [-0.15, -0.1) is 4.83 Å². The SMILES string of the molecule is CC(=O)c1sc(NNS(=O)(=O)c2ccccc2)nc1C. The minimum atomic E-state index is -3.66. The third-order valence-electron chi connectivity index (χ3n) is 2.46. The molecule has 2 N–H and O–H groups in total. The van der Waals surface area contributed by atoms with Gasteiger partial charge in [0.1, 0.15) is 0 Å². The summed E-state index contributed by atoms with van der Waals surface area (Å²) in [6.45, 7) is 3.14. The van der Waals surface area contributed by atoms with E-state index in [0.717, 1.165) is 11.3 Å². The van der Waals surface area contributed by atoms with E-state index in [2.05, 4.69) is 15.2 Å². The Morgan fingerprint density at radius 2 is 1.90 bits per heavy atom. The summed E-state index contributed by atoms with van der Waals surface area (Å²) in [7, 11) is -3.66. The molecule has 0 aliphatic heterocycles. The van der Waals surface area contributed by atoms with E-state index in [4.69, 9.17) is 0 Å². The number of hydrazine groups is 1. The highest BCUT2D eigenvalue weighted by atomic mass is 32.2. The molecule has 0 spiro atoms. The Morgan fingerprint density at radius 3 is 2.45 bits per heavy atom. The lowest BCUT2D eigenvalue weighted by molar-refractivity contribution is 0.102.